The van der Waals surface area contributed by atoms with Crippen LogP contribution in [0.25, 0.3) is 10.9 Å². The van der Waals surface area contributed by atoms with Gasteiger partial charge in [-0.1, -0.05) is 0 Å². The van der Waals surface area contributed by atoms with E-state index < -0.39 is 18.0 Å². The minimum absolute atomic E-state index is 0.128. The zero-order valence-corrected chi connectivity index (χ0v) is 14.8. The van der Waals surface area contributed by atoms with Crippen LogP contribution in [0.1, 0.15) is 12.6 Å². The number of alkyl halides is 3. The lowest BCUT2D eigenvalue weighted by molar-refractivity contribution is -0.140. The molecule has 10 heteroatoms. The molecule has 0 aliphatic rings. The molecule has 28 heavy (non-hydrogen) atoms. The number of amides is 1. The quantitative estimate of drug-likeness (QED) is 0.671. The number of pyridine rings is 1. The Bertz CT molecular complexity index is 970. The van der Waals surface area contributed by atoms with Gasteiger partial charge in [-0.2, -0.15) is 18.3 Å². The lowest BCUT2D eigenvalue weighted by atomic mass is 10.2. The zero-order valence-electron chi connectivity index (χ0n) is 14.8. The number of rotatable bonds is 6. The molecule has 1 atom stereocenters. The number of carbonyl (C=O) groups excluding carboxylic acids is 1. The average molecular weight is 394 g/mol. The Morgan fingerprint density at radius 3 is 2.64 bits per heavy atom. The monoisotopic (exact) mass is 394 g/mol. The smallest absolute Gasteiger partial charge is 0.435 e. The normalized spacial score (nSPS) is 12.8. The molecule has 2 aromatic heterocycles. The summed E-state index contributed by atoms with van der Waals surface area (Å²) in [5, 5.41) is 16.2. The molecule has 0 aliphatic heterocycles. The molecule has 0 saturated heterocycles. The summed E-state index contributed by atoms with van der Waals surface area (Å²) in [6.45, 7) is 1.06. The molecular weight excluding hydrogens is 377 g/mol. The number of nitrogens with zero attached hydrogens (tertiary/aromatic N) is 3. The highest BCUT2D eigenvalue weighted by atomic mass is 19.4. The number of anilines is 1. The first kappa shape index (κ1) is 19.6. The van der Waals surface area contributed by atoms with Gasteiger partial charge in [0.2, 0.25) is 5.91 Å². The third-order valence-corrected chi connectivity index (χ3v) is 3.82. The average Bonchev–Trinajstić information content (AvgIpc) is 3.00. The topological polar surface area (TPSA) is 89.3 Å². The first-order valence-electron chi connectivity index (χ1n) is 8.30. The molecule has 3 aromatic rings. The van der Waals surface area contributed by atoms with Crippen molar-refractivity contribution >= 4 is 22.5 Å². The van der Waals surface area contributed by atoms with Gasteiger partial charge in [-0.15, -0.1) is 0 Å². The van der Waals surface area contributed by atoms with Crippen LogP contribution >= 0.6 is 0 Å². The largest absolute Gasteiger partial charge is 0.491 e. The lowest BCUT2D eigenvalue weighted by Gasteiger charge is -2.13. The van der Waals surface area contributed by atoms with E-state index in [1.807, 2.05) is 0 Å². The van der Waals surface area contributed by atoms with Gasteiger partial charge in [-0.3, -0.25) is 14.5 Å². The van der Waals surface area contributed by atoms with Crippen molar-refractivity contribution in [2.24, 2.45) is 0 Å². The van der Waals surface area contributed by atoms with E-state index in [4.69, 9.17) is 4.74 Å². The molecule has 0 aliphatic carbocycles. The van der Waals surface area contributed by atoms with Crippen molar-refractivity contribution in [1.82, 2.24) is 14.8 Å². The van der Waals surface area contributed by atoms with E-state index >= 15 is 0 Å². The van der Waals surface area contributed by atoms with Crippen molar-refractivity contribution in [2.45, 2.75) is 25.7 Å². The number of ether oxygens (including phenoxy) is 1. The van der Waals surface area contributed by atoms with E-state index in [9.17, 15) is 23.1 Å². The van der Waals surface area contributed by atoms with Crippen LogP contribution in [0.4, 0.5) is 18.9 Å². The van der Waals surface area contributed by atoms with Crippen molar-refractivity contribution in [3.05, 3.63) is 48.4 Å². The molecule has 1 aromatic carbocycles. The predicted molar refractivity (Wildman–Crippen MR) is 94.8 cm³/mol. The number of hydrogen-bond donors (Lipinski definition) is 2. The summed E-state index contributed by atoms with van der Waals surface area (Å²) >= 11 is 0. The van der Waals surface area contributed by atoms with Crippen molar-refractivity contribution in [2.75, 3.05) is 11.9 Å². The van der Waals surface area contributed by atoms with Crippen LogP contribution < -0.4 is 10.1 Å². The maximum Gasteiger partial charge on any atom is 0.435 e. The number of carbonyl (C=O) groups is 1. The third kappa shape index (κ3) is 4.58. The molecule has 0 saturated carbocycles. The summed E-state index contributed by atoms with van der Waals surface area (Å²) < 4.78 is 45.9. The second-order valence-electron chi connectivity index (χ2n) is 6.09. The van der Waals surface area contributed by atoms with Gasteiger partial charge in [0, 0.05) is 25.0 Å². The minimum Gasteiger partial charge on any atom is -0.491 e. The number of aliphatic hydroxyl groups excluding tert-OH is 1. The fourth-order valence-corrected chi connectivity index (χ4v) is 2.65. The maximum atomic E-state index is 13.1. The van der Waals surface area contributed by atoms with Gasteiger partial charge in [-0.05, 0) is 30.3 Å². The van der Waals surface area contributed by atoms with Crippen LogP contribution in [-0.2, 0) is 17.5 Å². The van der Waals surface area contributed by atoms with Crippen LogP contribution in [0.3, 0.4) is 0 Å². The summed E-state index contributed by atoms with van der Waals surface area (Å²) in [5.41, 5.74) is -0.227. The van der Waals surface area contributed by atoms with Crippen LogP contribution in [0.2, 0.25) is 0 Å². The SMILES string of the molecule is CC(=O)Nc1ccc(OCC(O)Cn2nc(C(F)(F)F)c3cnccc32)cc1. The van der Waals surface area contributed by atoms with Gasteiger partial charge in [-0.25, -0.2) is 0 Å². The molecule has 2 N–H and O–H groups in total. The molecule has 1 amide bonds. The molecule has 0 bridgehead atoms. The Kier molecular flexibility index (Phi) is 5.50. The highest BCUT2D eigenvalue weighted by molar-refractivity contribution is 5.88. The van der Waals surface area contributed by atoms with Crippen molar-refractivity contribution in [3.63, 3.8) is 0 Å². The lowest BCUT2D eigenvalue weighted by Crippen LogP contribution is -2.24. The molecule has 0 fully saturated rings. The van der Waals surface area contributed by atoms with Crippen molar-refractivity contribution in [1.29, 1.82) is 0 Å². The second-order valence-corrected chi connectivity index (χ2v) is 6.09. The highest BCUT2D eigenvalue weighted by Gasteiger charge is 2.37. The summed E-state index contributed by atoms with van der Waals surface area (Å²) in [6.07, 6.45) is -3.25. The number of hydrogen-bond acceptors (Lipinski definition) is 5. The number of nitrogens with one attached hydrogen (secondary N) is 1. The molecule has 1 unspecified atom stereocenters. The standard InChI is InChI=1S/C18H17F3N4O3/c1-11(26)23-12-2-4-14(5-3-12)28-10-13(27)9-25-16-6-7-22-8-15(16)17(24-25)18(19,20)21/h2-8,13,27H,9-10H2,1H3,(H,23,26). The highest BCUT2D eigenvalue weighted by Crippen LogP contribution is 2.33. The van der Waals surface area contributed by atoms with E-state index in [1.54, 1.807) is 24.3 Å². The molecule has 0 radical (unpaired) electrons. The Morgan fingerprint density at radius 2 is 2.00 bits per heavy atom. The van der Waals surface area contributed by atoms with E-state index in [0.717, 1.165) is 10.9 Å². The Labute approximate surface area is 157 Å². The van der Waals surface area contributed by atoms with Gasteiger partial charge >= 0.3 is 6.18 Å². The number of halogens is 3. The molecule has 7 nitrogen and oxygen atoms in total. The fourth-order valence-electron chi connectivity index (χ4n) is 2.65. The molecule has 0 spiro atoms. The summed E-state index contributed by atoms with van der Waals surface area (Å²) in [7, 11) is 0. The Balaban J connectivity index is 1.67. The third-order valence-electron chi connectivity index (χ3n) is 3.82. The van der Waals surface area contributed by atoms with Crippen molar-refractivity contribution in [3.8, 4) is 5.75 Å². The van der Waals surface area contributed by atoms with Crippen molar-refractivity contribution < 1.29 is 27.8 Å². The first-order chi connectivity index (χ1) is 13.2. The predicted octanol–water partition coefficient (Wildman–Crippen LogP) is 2.85. The van der Waals surface area contributed by atoms with Gasteiger partial charge in [0.1, 0.15) is 18.5 Å². The van der Waals surface area contributed by atoms with Gasteiger partial charge in [0.05, 0.1) is 17.4 Å². The van der Waals surface area contributed by atoms with E-state index in [1.165, 1.54) is 19.2 Å². The van der Waals surface area contributed by atoms with Gasteiger partial charge in [0.25, 0.3) is 0 Å². The Hall–Kier alpha value is -3.14. The fraction of sp³-hybridized carbons (Fsp3) is 0.278. The molecule has 3 rings (SSSR count). The van der Waals surface area contributed by atoms with E-state index in [0.29, 0.717) is 11.4 Å². The number of aromatic nitrogens is 3. The zero-order chi connectivity index (χ0) is 20.3. The van der Waals surface area contributed by atoms with Crippen LogP contribution in [0, 0.1) is 0 Å². The molecule has 2 heterocycles. The van der Waals surface area contributed by atoms with E-state index in [2.05, 4.69) is 15.4 Å². The maximum absolute atomic E-state index is 13.1. The first-order valence-corrected chi connectivity index (χ1v) is 8.30. The summed E-state index contributed by atoms with van der Waals surface area (Å²) in [5.74, 6) is 0.239. The second kappa shape index (κ2) is 7.85. The van der Waals surface area contributed by atoms with Gasteiger partial charge < -0.3 is 15.2 Å². The van der Waals surface area contributed by atoms with E-state index in [-0.39, 0.29) is 30.0 Å². The summed E-state index contributed by atoms with van der Waals surface area (Å²) in [6, 6.07) is 7.88. The van der Waals surface area contributed by atoms with Crippen LogP contribution in [0.15, 0.2) is 42.7 Å². The number of fused-ring (bicyclic) bond motifs is 1. The summed E-state index contributed by atoms with van der Waals surface area (Å²) in [4.78, 5) is 14.7. The Morgan fingerprint density at radius 1 is 1.29 bits per heavy atom. The molecule has 148 valence electrons. The van der Waals surface area contributed by atoms with Crippen LogP contribution in [0.5, 0.6) is 5.75 Å². The minimum atomic E-state index is -4.62. The number of aliphatic hydroxyl groups is 1. The number of benzene rings is 1. The van der Waals surface area contributed by atoms with Crippen LogP contribution in [-0.4, -0.2) is 38.5 Å². The van der Waals surface area contributed by atoms with Gasteiger partial charge in [0.15, 0.2) is 5.69 Å². The molecular formula is C18H17F3N4O3.